The number of carbonyl (C=O) groups is 4. The molecule has 0 unspecified atom stereocenters. The maximum Gasteiger partial charge on any atom is 0.226 e. The fraction of sp³-hybridized carbons (Fsp3) is 0.852. The highest BCUT2D eigenvalue weighted by Gasteiger charge is 2.69. The van der Waals surface area contributed by atoms with Crippen LogP contribution in [0.25, 0.3) is 0 Å². The van der Waals surface area contributed by atoms with Crippen molar-refractivity contribution >= 4 is 23.3 Å². The second-order valence-electron chi connectivity index (χ2n) is 11.2. The second kappa shape index (κ2) is 10.6. The summed E-state index contributed by atoms with van der Waals surface area (Å²) in [5.41, 5.74) is 0.0682. The van der Waals surface area contributed by atoms with E-state index in [0.29, 0.717) is 25.3 Å². The van der Waals surface area contributed by atoms with Gasteiger partial charge in [-0.1, -0.05) is 72.6 Å². The number of hydrogen-bond acceptors (Lipinski definition) is 4. The lowest BCUT2D eigenvalue weighted by Gasteiger charge is -2.32. The lowest BCUT2D eigenvalue weighted by atomic mass is 9.85. The van der Waals surface area contributed by atoms with E-state index in [-0.39, 0.29) is 53.3 Å². The van der Waals surface area contributed by atoms with Crippen molar-refractivity contribution in [1.82, 2.24) is 4.90 Å². The van der Waals surface area contributed by atoms with E-state index in [9.17, 15) is 19.2 Å². The third-order valence-electron chi connectivity index (χ3n) is 8.50. The molecule has 32 heavy (non-hydrogen) atoms. The van der Waals surface area contributed by atoms with Gasteiger partial charge in [0, 0.05) is 31.2 Å². The van der Waals surface area contributed by atoms with E-state index in [1.165, 1.54) is 12.8 Å². The Morgan fingerprint density at radius 3 is 2.19 bits per heavy atom. The number of rotatable bonds is 4. The lowest BCUT2D eigenvalue weighted by molar-refractivity contribution is -0.144. The van der Waals surface area contributed by atoms with Crippen molar-refractivity contribution < 1.29 is 19.2 Å². The second-order valence-corrected chi connectivity index (χ2v) is 11.2. The zero-order valence-corrected chi connectivity index (χ0v) is 20.7. The predicted molar refractivity (Wildman–Crippen MR) is 125 cm³/mol. The predicted octanol–water partition coefficient (Wildman–Crippen LogP) is 5.14. The summed E-state index contributed by atoms with van der Waals surface area (Å²) in [7, 11) is 0. The molecule has 0 N–H and O–H groups in total. The average Bonchev–Trinajstić information content (AvgIpc) is 3.10. The number of carbonyl (C=O) groups excluding carboxylic acids is 4. The van der Waals surface area contributed by atoms with Crippen LogP contribution in [-0.2, 0) is 19.2 Å². The van der Waals surface area contributed by atoms with Gasteiger partial charge in [0.05, 0.1) is 6.04 Å². The number of piperidine rings is 1. The molecule has 0 aromatic rings. The van der Waals surface area contributed by atoms with Gasteiger partial charge in [-0.25, -0.2) is 0 Å². The Morgan fingerprint density at radius 1 is 0.969 bits per heavy atom. The molecule has 180 valence electrons. The Labute approximate surface area is 194 Å². The lowest BCUT2D eigenvalue weighted by Crippen LogP contribution is -2.48. The van der Waals surface area contributed by atoms with E-state index >= 15 is 0 Å². The number of Topliss-reactive ketones (excluding diaryl/α,β-unsaturated/α-hetero) is 3. The van der Waals surface area contributed by atoms with Crippen LogP contribution in [0, 0.1) is 29.1 Å². The van der Waals surface area contributed by atoms with Crippen molar-refractivity contribution in [1.29, 1.82) is 0 Å². The van der Waals surface area contributed by atoms with Crippen molar-refractivity contribution in [3.05, 3.63) is 0 Å². The summed E-state index contributed by atoms with van der Waals surface area (Å²) in [6.45, 7) is 8.93. The van der Waals surface area contributed by atoms with Crippen LogP contribution in [0.2, 0.25) is 0 Å². The van der Waals surface area contributed by atoms with E-state index in [0.717, 1.165) is 38.5 Å². The Balaban J connectivity index is 1.81. The molecule has 0 spiro atoms. The van der Waals surface area contributed by atoms with E-state index in [2.05, 4.69) is 13.8 Å². The van der Waals surface area contributed by atoms with Gasteiger partial charge in [0.2, 0.25) is 11.7 Å². The molecule has 1 saturated carbocycles. The van der Waals surface area contributed by atoms with Crippen LogP contribution < -0.4 is 0 Å². The maximum atomic E-state index is 13.6. The molecule has 5 atom stereocenters. The van der Waals surface area contributed by atoms with Gasteiger partial charge < -0.3 is 4.90 Å². The minimum Gasteiger partial charge on any atom is -0.332 e. The Hall–Kier alpha value is -1.52. The Kier molecular flexibility index (Phi) is 8.32. The van der Waals surface area contributed by atoms with Crippen LogP contribution in [0.1, 0.15) is 105 Å². The first kappa shape index (κ1) is 25.1. The summed E-state index contributed by atoms with van der Waals surface area (Å²) >= 11 is 0. The topological polar surface area (TPSA) is 71.5 Å². The van der Waals surface area contributed by atoms with Crippen molar-refractivity contribution in [3.8, 4) is 0 Å². The minimum atomic E-state index is -0.523. The van der Waals surface area contributed by atoms with Gasteiger partial charge in [0.25, 0.3) is 0 Å². The summed E-state index contributed by atoms with van der Waals surface area (Å²) in [6.07, 6.45) is 10.1. The highest BCUT2D eigenvalue weighted by Crippen LogP contribution is 2.65. The Bertz CT molecular complexity index is 727. The van der Waals surface area contributed by atoms with E-state index in [1.807, 2.05) is 18.7 Å². The molecular formula is C27H43NO4. The van der Waals surface area contributed by atoms with Crippen LogP contribution in [0.5, 0.6) is 0 Å². The van der Waals surface area contributed by atoms with Gasteiger partial charge in [-0.05, 0) is 36.5 Å². The SMILES string of the molecule is CCCC(=O)C(=O)[C@@H]1CCCCCCCCC[C@H](C)C(=O)N2C[C@H]3[C@@H]([C@H]2C(=O)C1)C3(C)C. The molecule has 2 heterocycles. The largest absolute Gasteiger partial charge is 0.332 e. The summed E-state index contributed by atoms with van der Waals surface area (Å²) in [6, 6.07) is -0.422. The van der Waals surface area contributed by atoms with Crippen LogP contribution in [0.15, 0.2) is 0 Å². The van der Waals surface area contributed by atoms with Gasteiger partial charge in [-0.2, -0.15) is 0 Å². The van der Waals surface area contributed by atoms with Crippen molar-refractivity contribution in [2.75, 3.05) is 6.54 Å². The van der Waals surface area contributed by atoms with Crippen LogP contribution in [0.3, 0.4) is 0 Å². The first-order chi connectivity index (χ1) is 15.2. The number of nitrogens with zero attached hydrogens (tertiary/aromatic N) is 1. The summed E-state index contributed by atoms with van der Waals surface area (Å²) in [5.74, 6) is -0.638. The van der Waals surface area contributed by atoms with Crippen molar-refractivity contribution in [2.45, 2.75) is 111 Å². The highest BCUT2D eigenvalue weighted by atomic mass is 16.2. The maximum absolute atomic E-state index is 13.6. The summed E-state index contributed by atoms with van der Waals surface area (Å²) < 4.78 is 0. The number of hydrogen-bond donors (Lipinski definition) is 0. The van der Waals surface area contributed by atoms with E-state index < -0.39 is 12.0 Å². The third-order valence-corrected chi connectivity index (χ3v) is 8.50. The van der Waals surface area contributed by atoms with Crippen LogP contribution >= 0.6 is 0 Å². The van der Waals surface area contributed by atoms with Gasteiger partial charge >= 0.3 is 0 Å². The average molecular weight is 446 g/mol. The zero-order valence-electron chi connectivity index (χ0n) is 20.7. The van der Waals surface area contributed by atoms with Gasteiger partial charge in [0.15, 0.2) is 11.6 Å². The number of ketones is 3. The fourth-order valence-electron chi connectivity index (χ4n) is 6.28. The fourth-order valence-corrected chi connectivity index (χ4v) is 6.28. The van der Waals surface area contributed by atoms with Crippen molar-refractivity contribution in [3.63, 3.8) is 0 Å². The van der Waals surface area contributed by atoms with Gasteiger partial charge in [-0.3, -0.25) is 19.2 Å². The number of amides is 1. The summed E-state index contributed by atoms with van der Waals surface area (Å²) in [5, 5.41) is 0. The van der Waals surface area contributed by atoms with Gasteiger partial charge in [0.1, 0.15) is 0 Å². The van der Waals surface area contributed by atoms with Gasteiger partial charge in [-0.15, -0.1) is 0 Å². The normalized spacial score (nSPS) is 34.0. The first-order valence-corrected chi connectivity index (χ1v) is 13.1. The molecule has 1 amide bonds. The smallest absolute Gasteiger partial charge is 0.226 e. The molecule has 3 aliphatic rings. The molecule has 3 fully saturated rings. The molecular weight excluding hydrogens is 402 g/mol. The molecule has 5 heteroatoms. The molecule has 3 rings (SSSR count). The van der Waals surface area contributed by atoms with E-state index in [4.69, 9.17) is 0 Å². The molecule has 2 aliphatic heterocycles. The minimum absolute atomic E-state index is 0.00151. The Morgan fingerprint density at radius 2 is 1.56 bits per heavy atom. The molecule has 5 nitrogen and oxygen atoms in total. The molecule has 0 radical (unpaired) electrons. The van der Waals surface area contributed by atoms with E-state index in [1.54, 1.807) is 0 Å². The standard InChI is InChI=1S/C27H43NO4/c1-5-13-21(29)25(31)19-15-12-10-8-6-7-9-11-14-18(2)26(32)28-17-20-23(27(20,3)4)24(28)22(30)16-19/h18-20,23-24H,5-17H2,1-4H3/t18-,19+,20-,23-,24+/m0/s1. The molecule has 2 saturated heterocycles. The quantitative estimate of drug-likeness (QED) is 0.562. The number of fused-ring (bicyclic) bond motifs is 3. The van der Waals surface area contributed by atoms with Crippen LogP contribution in [0.4, 0.5) is 0 Å². The first-order valence-electron chi connectivity index (χ1n) is 13.1. The molecule has 0 bridgehead atoms. The molecule has 1 aliphatic carbocycles. The monoisotopic (exact) mass is 445 g/mol. The molecule has 0 aromatic carbocycles. The summed E-state index contributed by atoms with van der Waals surface area (Å²) in [4.78, 5) is 54.0. The third kappa shape index (κ3) is 5.34. The van der Waals surface area contributed by atoms with Crippen LogP contribution in [-0.4, -0.2) is 40.7 Å². The zero-order chi connectivity index (χ0) is 23.5. The molecule has 0 aromatic heterocycles. The highest BCUT2D eigenvalue weighted by molar-refractivity contribution is 6.38. The van der Waals surface area contributed by atoms with Crippen molar-refractivity contribution in [2.24, 2.45) is 29.1 Å².